The molecule has 3 aromatic carbocycles. The van der Waals surface area contributed by atoms with E-state index >= 15 is 0 Å². The Morgan fingerprint density at radius 2 is 0.929 bits per heavy atom. The molecular formula is C66H79BN12NaO18. The number of likely N-dealkylation sites (tertiary alicyclic amines) is 1. The molecule has 0 aliphatic carbocycles. The van der Waals surface area contributed by atoms with E-state index in [1.807, 2.05) is 12.1 Å². The van der Waals surface area contributed by atoms with Gasteiger partial charge in [0.05, 0.1) is 70.4 Å². The zero-order chi connectivity index (χ0) is 70.3. The van der Waals surface area contributed by atoms with Gasteiger partial charge in [-0.05, 0) is 92.3 Å². The Hall–Kier alpha value is -9.39. The number of hydrogen-bond donors (Lipinski definition) is 2. The average molecular weight is 1360 g/mol. The number of nitrogens with zero attached hydrogens (tertiary/aromatic N) is 11. The Labute approximate surface area is 591 Å². The van der Waals surface area contributed by atoms with Crippen molar-refractivity contribution in [3.8, 4) is 24.1 Å². The van der Waals surface area contributed by atoms with Gasteiger partial charge in [0.25, 0.3) is 6.47 Å². The van der Waals surface area contributed by atoms with Gasteiger partial charge in [-0.1, -0.05) is 54.6 Å². The van der Waals surface area contributed by atoms with Gasteiger partial charge in [-0.3, -0.25) is 48.4 Å². The summed E-state index contributed by atoms with van der Waals surface area (Å²) in [5.74, 6) is -0.0321. The SMILES string of the molecule is C1CCNC1.CC(=O)OOC(C)=O.COCCOc1ncc2c(n1)N(Cc1cccc(C#N)c1)C(=O)C2.COCCOc1ncc2c(n1)N(Cc1cccc(C=O)c1)C(=O)C2.COCCOc1ncc2c(n1)N(Cc1cccc(CN3CCCC3)c1)C(=O)C2.O=CO.[B-]OC(C)=O.[Na+]. The van der Waals surface area contributed by atoms with Gasteiger partial charge in [-0.2, -0.15) is 20.2 Å². The van der Waals surface area contributed by atoms with E-state index in [-0.39, 0.29) is 84.6 Å². The van der Waals surface area contributed by atoms with Gasteiger partial charge < -0.3 is 51.5 Å². The number of methoxy groups -OCH3 is 3. The monoisotopic (exact) mass is 1360 g/mol. The predicted molar refractivity (Wildman–Crippen MR) is 349 cm³/mol. The van der Waals surface area contributed by atoms with Gasteiger partial charge in [-0.15, -0.1) is 0 Å². The summed E-state index contributed by atoms with van der Waals surface area (Å²) in [6.07, 6.45) is 11.9. The average Bonchev–Trinajstić information content (AvgIpc) is 1.67. The van der Waals surface area contributed by atoms with Crippen LogP contribution in [0.25, 0.3) is 0 Å². The van der Waals surface area contributed by atoms with Crippen LogP contribution in [0.15, 0.2) is 91.4 Å². The molecule has 98 heavy (non-hydrogen) atoms. The Morgan fingerprint density at radius 3 is 1.28 bits per heavy atom. The number of aldehydes is 1. The first kappa shape index (κ1) is 81.0. The Balaban J connectivity index is 0.000000271. The number of aromatic nitrogens is 6. The molecule has 5 aliphatic heterocycles. The number of ether oxygens (including phenoxy) is 6. The number of rotatable bonds is 21. The fourth-order valence-corrected chi connectivity index (χ4v) is 9.52. The van der Waals surface area contributed by atoms with Gasteiger partial charge >= 0.3 is 59.5 Å². The largest absolute Gasteiger partial charge is 1.00 e. The summed E-state index contributed by atoms with van der Waals surface area (Å²) in [4.78, 5) is 126. The quantitative estimate of drug-likeness (QED) is 0.0341. The van der Waals surface area contributed by atoms with Crippen LogP contribution >= 0.6 is 0 Å². The summed E-state index contributed by atoms with van der Waals surface area (Å²) in [7, 11) is 9.11. The Kier molecular flexibility index (Phi) is 37.4. The van der Waals surface area contributed by atoms with E-state index in [0.29, 0.717) is 94.3 Å². The predicted octanol–water partition coefficient (Wildman–Crippen LogP) is 1.79. The van der Waals surface area contributed by atoms with Gasteiger partial charge in [0.1, 0.15) is 43.6 Å². The third kappa shape index (κ3) is 28.4. The molecule has 3 amide bonds. The van der Waals surface area contributed by atoms with Crippen molar-refractivity contribution in [3.05, 3.63) is 141 Å². The number of fused-ring (bicyclic) bond motifs is 3. The standard InChI is InChI=1S/C21H26N4O3.C17H16N4O3.C17H17N3O4.C4H9N.C4H6O4.C2H3BO2.CH2O2.Na/c1-27-9-10-28-21-22-13-18-12-19(26)25(20(18)23-21)15-17-6-4-5-16(11-17)14-24-7-2-3-8-24;1-23-5-6-24-17-19-10-14-8-15(22)21(16(14)20-17)11-13-4-2-3-12(7-13)9-18;1-23-5-6-24-17-18-9-14-8-15(22)20(16(14)19-17)10-12-3-2-4-13(7-12)11-21;1-2-4-5-3-1;1-3(5)7-8-4(2)6;1-2(4)5-3;2-1-3;/h4-6,11,13H,2-3,7-10,12,14-15H2,1H3;2-4,7,10H,5-6,8,11H2,1H3;2-4,7,9,11H,5-6,8,10H2,1H3;5H,1-4H2;1-2H3;1H3;1H,(H,2,3);/q;;;;;-1;;+1. The second kappa shape index (κ2) is 45.2. The number of carboxylic acid groups (broad SMARTS) is 1. The molecule has 3 aromatic heterocycles. The summed E-state index contributed by atoms with van der Waals surface area (Å²) < 4.78 is 34.8. The molecule has 3 radical (unpaired) electrons. The number of carbonyl (C=O) groups excluding carboxylic acids is 7. The van der Waals surface area contributed by atoms with Crippen LogP contribution in [0.5, 0.6) is 18.0 Å². The first-order chi connectivity index (χ1) is 46.9. The van der Waals surface area contributed by atoms with Crippen LogP contribution in [0.2, 0.25) is 0 Å². The molecule has 32 heteroatoms. The fraction of sp³-hybridized carbons (Fsp3) is 0.409. The number of carbonyl (C=O) groups is 8. The minimum Gasteiger partial charge on any atom is -0.793 e. The third-order valence-corrected chi connectivity index (χ3v) is 13.9. The molecule has 515 valence electrons. The van der Waals surface area contributed by atoms with Crippen LogP contribution in [-0.2, 0) is 108 Å². The molecule has 30 nitrogen and oxygen atoms in total. The zero-order valence-corrected chi connectivity index (χ0v) is 58.0. The fourth-order valence-electron chi connectivity index (χ4n) is 9.52. The first-order valence-corrected chi connectivity index (χ1v) is 30.6. The third-order valence-electron chi connectivity index (χ3n) is 13.9. The van der Waals surface area contributed by atoms with Crippen LogP contribution in [0.4, 0.5) is 17.5 Å². The van der Waals surface area contributed by atoms with Crippen molar-refractivity contribution in [2.45, 2.75) is 91.9 Å². The van der Waals surface area contributed by atoms with Crippen LogP contribution in [0.3, 0.4) is 0 Å². The van der Waals surface area contributed by atoms with Gasteiger partial charge in [0.15, 0.2) is 0 Å². The minimum absolute atomic E-state index is 0. The van der Waals surface area contributed by atoms with Crippen molar-refractivity contribution in [2.75, 3.05) is 102 Å². The van der Waals surface area contributed by atoms with Crippen molar-refractivity contribution in [1.82, 2.24) is 40.1 Å². The molecule has 0 bridgehead atoms. The molecule has 0 atom stereocenters. The van der Waals surface area contributed by atoms with Crippen LogP contribution in [-0.4, -0.2) is 183 Å². The van der Waals surface area contributed by atoms with E-state index in [9.17, 15) is 33.6 Å². The van der Waals surface area contributed by atoms with Crippen molar-refractivity contribution >= 4 is 73.9 Å². The molecule has 2 saturated heterocycles. The second-order valence-corrected chi connectivity index (χ2v) is 21.3. The number of benzene rings is 3. The maximum absolute atomic E-state index is 12.6. The minimum atomic E-state index is -0.639. The first-order valence-electron chi connectivity index (χ1n) is 30.6. The van der Waals surface area contributed by atoms with E-state index in [0.717, 1.165) is 60.1 Å². The summed E-state index contributed by atoms with van der Waals surface area (Å²) >= 11 is 0. The van der Waals surface area contributed by atoms with Gasteiger partial charge in [0.2, 0.25) is 23.7 Å². The van der Waals surface area contributed by atoms with E-state index in [4.69, 9.17) is 43.6 Å². The van der Waals surface area contributed by atoms with Crippen molar-refractivity contribution in [3.63, 3.8) is 0 Å². The number of nitriles is 1. The summed E-state index contributed by atoms with van der Waals surface area (Å²) in [5.41, 5.74) is 7.66. The maximum Gasteiger partial charge on any atom is 1.00 e. The van der Waals surface area contributed by atoms with E-state index in [2.05, 4.69) is 92.9 Å². The normalized spacial score (nSPS) is 13.4. The molecule has 11 rings (SSSR count). The summed E-state index contributed by atoms with van der Waals surface area (Å²) in [5, 5.41) is 19.1. The van der Waals surface area contributed by atoms with Crippen molar-refractivity contribution in [1.29, 1.82) is 5.26 Å². The molecular weight excluding hydrogens is 1280 g/mol. The molecule has 0 saturated carbocycles. The maximum atomic E-state index is 12.6. The number of amides is 3. The molecule has 5 aliphatic rings. The number of hydrogen-bond acceptors (Lipinski definition) is 26. The molecule has 2 fully saturated rings. The number of nitrogens with one attached hydrogen (secondary N) is 1. The van der Waals surface area contributed by atoms with Gasteiger partial charge in [0, 0.05) is 89.5 Å². The molecule has 8 heterocycles. The molecule has 2 N–H and O–H groups in total. The Morgan fingerprint density at radius 1 is 0.561 bits per heavy atom. The second-order valence-electron chi connectivity index (χ2n) is 21.3. The van der Waals surface area contributed by atoms with Crippen molar-refractivity contribution < 1.29 is 116 Å². The summed E-state index contributed by atoms with van der Waals surface area (Å²) in [6, 6.07) is 25.6. The smallest absolute Gasteiger partial charge is 0.793 e. The molecule has 0 unspecified atom stereocenters. The van der Waals surface area contributed by atoms with Crippen LogP contribution < -0.4 is 63.8 Å². The van der Waals surface area contributed by atoms with Crippen molar-refractivity contribution in [2.24, 2.45) is 0 Å². The van der Waals surface area contributed by atoms with Crippen LogP contribution in [0, 0.1) is 11.3 Å². The van der Waals surface area contributed by atoms with Crippen LogP contribution in [0.1, 0.15) is 101 Å². The number of anilines is 3. The van der Waals surface area contributed by atoms with E-state index in [1.165, 1.54) is 64.3 Å². The molecule has 6 aromatic rings. The van der Waals surface area contributed by atoms with E-state index < -0.39 is 17.9 Å². The Bertz CT molecular complexity index is 3580. The zero-order valence-electron chi connectivity index (χ0n) is 56.0. The molecule has 0 spiro atoms. The van der Waals surface area contributed by atoms with Gasteiger partial charge in [-0.25, -0.2) is 34.3 Å². The summed E-state index contributed by atoms with van der Waals surface area (Å²) in [6.45, 7) is 12.7. The van der Waals surface area contributed by atoms with E-state index in [1.54, 1.807) is 91.0 Å². The topological polar surface area (TPSA) is 366 Å².